The molecule has 0 amide bonds. The SMILES string of the molecule is C[NH+]=c1cnc2c(OC)cc(N(C)C)cc2s1. The predicted molar refractivity (Wildman–Crippen MR) is 70.5 cm³/mol. The highest BCUT2D eigenvalue weighted by Gasteiger charge is 2.08. The Morgan fingerprint density at radius 3 is 2.71 bits per heavy atom. The first-order valence-corrected chi connectivity index (χ1v) is 6.13. The lowest BCUT2D eigenvalue weighted by Crippen LogP contribution is -2.71. The summed E-state index contributed by atoms with van der Waals surface area (Å²) in [6.07, 6.45) is 1.82. The van der Waals surface area contributed by atoms with Crippen molar-refractivity contribution in [2.45, 2.75) is 0 Å². The van der Waals surface area contributed by atoms with Gasteiger partial charge in [-0.3, -0.25) is 0 Å². The molecule has 0 bridgehead atoms. The van der Waals surface area contributed by atoms with Gasteiger partial charge in [0.25, 0.3) is 4.67 Å². The Kier molecular flexibility index (Phi) is 3.28. The Labute approximate surface area is 104 Å². The zero-order valence-electron chi connectivity index (χ0n) is 10.4. The number of ether oxygens (including phenoxy) is 1. The van der Waals surface area contributed by atoms with E-state index in [1.807, 2.05) is 33.4 Å². The second kappa shape index (κ2) is 4.71. The number of nitrogens with one attached hydrogen (secondary N) is 1. The number of hydrogen-bond donors (Lipinski definition) is 1. The number of rotatable bonds is 2. The van der Waals surface area contributed by atoms with E-state index in [0.29, 0.717) is 0 Å². The fourth-order valence-electron chi connectivity index (χ4n) is 1.57. The van der Waals surface area contributed by atoms with Gasteiger partial charge < -0.3 is 9.64 Å². The maximum Gasteiger partial charge on any atom is 0.273 e. The number of anilines is 1. The van der Waals surface area contributed by atoms with Crippen molar-refractivity contribution in [1.82, 2.24) is 4.98 Å². The Morgan fingerprint density at radius 1 is 1.35 bits per heavy atom. The highest BCUT2D eigenvalue weighted by atomic mass is 32.1. The van der Waals surface area contributed by atoms with Gasteiger partial charge in [0, 0.05) is 25.8 Å². The minimum Gasteiger partial charge on any atom is -0.494 e. The van der Waals surface area contributed by atoms with Gasteiger partial charge in [-0.05, 0) is 6.07 Å². The molecule has 1 N–H and O–H groups in total. The third-order valence-electron chi connectivity index (χ3n) is 2.54. The molecule has 0 radical (unpaired) electrons. The zero-order chi connectivity index (χ0) is 12.4. The van der Waals surface area contributed by atoms with Gasteiger partial charge in [0.2, 0.25) is 0 Å². The summed E-state index contributed by atoms with van der Waals surface area (Å²) < 4.78 is 7.54. The maximum absolute atomic E-state index is 5.39. The van der Waals surface area contributed by atoms with E-state index < -0.39 is 0 Å². The molecular formula is C12H16N3OS+. The van der Waals surface area contributed by atoms with Gasteiger partial charge in [0.05, 0.1) is 11.8 Å². The highest BCUT2D eigenvalue weighted by Crippen LogP contribution is 2.30. The van der Waals surface area contributed by atoms with Crippen LogP contribution in [0.15, 0.2) is 18.3 Å². The van der Waals surface area contributed by atoms with E-state index in [-0.39, 0.29) is 0 Å². The smallest absolute Gasteiger partial charge is 0.273 e. The lowest BCUT2D eigenvalue weighted by atomic mass is 10.2. The van der Waals surface area contributed by atoms with Crippen molar-refractivity contribution in [3.05, 3.63) is 23.0 Å². The van der Waals surface area contributed by atoms with E-state index in [2.05, 4.69) is 20.9 Å². The molecule has 0 aliphatic heterocycles. The van der Waals surface area contributed by atoms with Gasteiger partial charge in [-0.25, -0.2) is 9.98 Å². The van der Waals surface area contributed by atoms with Crippen LogP contribution in [0.4, 0.5) is 5.69 Å². The molecular weight excluding hydrogens is 234 g/mol. The summed E-state index contributed by atoms with van der Waals surface area (Å²) >= 11 is 1.67. The van der Waals surface area contributed by atoms with E-state index in [1.165, 1.54) is 0 Å². The van der Waals surface area contributed by atoms with Gasteiger partial charge in [-0.2, -0.15) is 0 Å². The van der Waals surface area contributed by atoms with E-state index in [1.54, 1.807) is 18.4 Å². The van der Waals surface area contributed by atoms with Gasteiger partial charge in [-0.15, -0.1) is 0 Å². The van der Waals surface area contributed by atoms with Crippen LogP contribution in [0.2, 0.25) is 0 Å². The van der Waals surface area contributed by atoms with Crippen molar-refractivity contribution in [2.75, 3.05) is 33.2 Å². The third kappa shape index (κ3) is 2.24. The molecule has 0 atom stereocenters. The van der Waals surface area contributed by atoms with Gasteiger partial charge in [-0.1, -0.05) is 11.3 Å². The molecule has 0 saturated carbocycles. The largest absolute Gasteiger partial charge is 0.494 e. The van der Waals surface area contributed by atoms with Crippen molar-refractivity contribution < 1.29 is 9.73 Å². The van der Waals surface area contributed by atoms with Crippen LogP contribution in [0.3, 0.4) is 0 Å². The van der Waals surface area contributed by atoms with Crippen LogP contribution in [0, 0.1) is 0 Å². The van der Waals surface area contributed by atoms with Crippen molar-refractivity contribution in [3.63, 3.8) is 0 Å². The van der Waals surface area contributed by atoms with Crippen LogP contribution in [0.5, 0.6) is 5.75 Å². The average Bonchev–Trinajstić information content (AvgIpc) is 2.36. The lowest BCUT2D eigenvalue weighted by molar-refractivity contribution is -0.462. The maximum atomic E-state index is 5.39. The molecule has 2 aromatic rings. The molecule has 0 spiro atoms. The van der Waals surface area contributed by atoms with Crippen LogP contribution in [-0.2, 0) is 0 Å². The Morgan fingerprint density at radius 2 is 2.12 bits per heavy atom. The molecule has 0 aliphatic carbocycles. The molecule has 1 aromatic carbocycles. The van der Waals surface area contributed by atoms with Crippen LogP contribution in [-0.4, -0.2) is 33.2 Å². The molecule has 4 nitrogen and oxygen atoms in total. The average molecular weight is 250 g/mol. The second-order valence-electron chi connectivity index (χ2n) is 3.86. The first kappa shape index (κ1) is 11.9. The Balaban J connectivity index is 2.78. The molecule has 0 fully saturated rings. The number of fused-ring (bicyclic) bond motifs is 1. The van der Waals surface area contributed by atoms with Gasteiger partial charge >= 0.3 is 0 Å². The summed E-state index contributed by atoms with van der Waals surface area (Å²) in [4.78, 5) is 9.59. The topological polar surface area (TPSA) is 39.3 Å². The fourth-order valence-corrected chi connectivity index (χ4v) is 2.44. The molecule has 0 aliphatic rings. The monoisotopic (exact) mass is 250 g/mol. The van der Waals surface area contributed by atoms with Gasteiger partial charge in [0.15, 0.2) is 0 Å². The minimum absolute atomic E-state index is 0.810. The fraction of sp³-hybridized carbons (Fsp3) is 0.333. The highest BCUT2D eigenvalue weighted by molar-refractivity contribution is 7.16. The van der Waals surface area contributed by atoms with E-state index in [4.69, 9.17) is 4.74 Å². The molecule has 1 aromatic heterocycles. The molecule has 1 heterocycles. The van der Waals surface area contributed by atoms with Gasteiger partial charge in [0.1, 0.15) is 24.5 Å². The Bertz CT molecular complexity index is 604. The van der Waals surface area contributed by atoms with Crippen LogP contribution < -0.4 is 19.3 Å². The second-order valence-corrected chi connectivity index (χ2v) is 4.95. The number of nitrogens with zero attached hydrogens (tertiary/aromatic N) is 2. The Hall–Kier alpha value is -1.62. The van der Waals surface area contributed by atoms with Crippen molar-refractivity contribution in [3.8, 4) is 5.75 Å². The summed E-state index contributed by atoms with van der Waals surface area (Å²) in [6, 6.07) is 4.12. The van der Waals surface area contributed by atoms with E-state index >= 15 is 0 Å². The summed E-state index contributed by atoms with van der Waals surface area (Å²) in [5.74, 6) is 0.810. The van der Waals surface area contributed by atoms with E-state index in [0.717, 1.165) is 26.3 Å². The standard InChI is InChI=1S/C12H15N3OS/c1-13-11-7-14-12-9(16-4)5-8(15(2)3)6-10(12)17-11/h5-7H,1-4H3/p+1. The summed E-state index contributed by atoms with van der Waals surface area (Å²) in [5, 5.41) is 0. The van der Waals surface area contributed by atoms with Crippen molar-refractivity contribution in [2.24, 2.45) is 0 Å². The summed E-state index contributed by atoms with van der Waals surface area (Å²) in [7, 11) is 7.60. The van der Waals surface area contributed by atoms with Crippen LogP contribution in [0.25, 0.3) is 10.2 Å². The number of benzene rings is 1. The molecule has 17 heavy (non-hydrogen) atoms. The number of methoxy groups -OCH3 is 1. The lowest BCUT2D eigenvalue weighted by Gasteiger charge is -2.14. The molecule has 5 heteroatoms. The zero-order valence-corrected chi connectivity index (χ0v) is 11.3. The number of hydrogen-bond acceptors (Lipinski definition) is 4. The number of aromatic nitrogens is 1. The molecule has 2 rings (SSSR count). The summed E-state index contributed by atoms with van der Waals surface area (Å²) in [5.41, 5.74) is 2.02. The van der Waals surface area contributed by atoms with Crippen LogP contribution in [0.1, 0.15) is 0 Å². The predicted octanol–water partition coefficient (Wildman–Crippen LogP) is -0.0180. The normalized spacial score (nSPS) is 11.9. The van der Waals surface area contributed by atoms with E-state index in [9.17, 15) is 0 Å². The molecule has 0 saturated heterocycles. The third-order valence-corrected chi connectivity index (χ3v) is 3.60. The first-order valence-electron chi connectivity index (χ1n) is 5.31. The first-order chi connectivity index (χ1) is 8.15. The minimum atomic E-state index is 0.810. The molecule has 90 valence electrons. The van der Waals surface area contributed by atoms with Crippen molar-refractivity contribution in [1.29, 1.82) is 0 Å². The summed E-state index contributed by atoms with van der Waals surface area (Å²) in [6.45, 7) is 0. The van der Waals surface area contributed by atoms with Crippen molar-refractivity contribution >= 4 is 27.2 Å². The quantitative estimate of drug-likeness (QED) is 0.814. The van der Waals surface area contributed by atoms with Crippen LogP contribution >= 0.6 is 11.3 Å². The molecule has 0 unspecified atom stereocenters.